The monoisotopic (exact) mass is 252 g/mol. The van der Waals surface area contributed by atoms with Gasteiger partial charge in [-0.2, -0.15) is 0 Å². The maximum Gasteiger partial charge on any atom is 0.120 e. The van der Waals surface area contributed by atoms with Crippen LogP contribution >= 0.6 is 0 Å². The summed E-state index contributed by atoms with van der Waals surface area (Å²) in [6, 6.07) is 2.82. The van der Waals surface area contributed by atoms with Gasteiger partial charge in [-0.15, -0.1) is 0 Å². The Morgan fingerprint density at radius 2 is 1.94 bits per heavy atom. The molecule has 0 atom stereocenters. The third kappa shape index (κ3) is 4.14. The van der Waals surface area contributed by atoms with E-state index in [2.05, 4.69) is 51.0 Å². The number of hydrogen-bond acceptors (Lipinski definition) is 3. The molecule has 1 rings (SSSR count). The summed E-state index contributed by atoms with van der Waals surface area (Å²) in [6.07, 6.45) is 2.38. The maximum atomic E-state index is 5.92. The average molecular weight is 252 g/mol. The first-order valence-corrected chi connectivity index (χ1v) is 7.11. The van der Waals surface area contributed by atoms with E-state index in [1.165, 1.54) is 18.4 Å². The highest BCUT2D eigenvalue weighted by atomic mass is 16.3. The minimum Gasteiger partial charge on any atom is -0.463 e. The minimum atomic E-state index is 0.646. The molecular formula is C15H28N2O. The number of aryl methyl sites for hydroxylation is 1. The lowest BCUT2D eigenvalue weighted by molar-refractivity contribution is 0.204. The lowest BCUT2D eigenvalue weighted by Crippen LogP contribution is -2.29. The topological polar surface area (TPSA) is 28.4 Å². The van der Waals surface area contributed by atoms with Crippen LogP contribution in [0.5, 0.6) is 0 Å². The van der Waals surface area contributed by atoms with Crippen LogP contribution in [0.25, 0.3) is 0 Å². The zero-order valence-electron chi connectivity index (χ0n) is 12.5. The molecule has 0 amide bonds. The molecule has 1 heterocycles. The van der Waals surface area contributed by atoms with E-state index < -0.39 is 0 Å². The van der Waals surface area contributed by atoms with Gasteiger partial charge in [0.1, 0.15) is 11.5 Å². The number of rotatable bonds is 8. The van der Waals surface area contributed by atoms with E-state index in [4.69, 9.17) is 4.42 Å². The smallest absolute Gasteiger partial charge is 0.120 e. The largest absolute Gasteiger partial charge is 0.463 e. The molecule has 104 valence electrons. The zero-order valence-corrected chi connectivity index (χ0v) is 12.5. The van der Waals surface area contributed by atoms with Gasteiger partial charge in [0.05, 0.1) is 13.1 Å². The molecule has 0 radical (unpaired) electrons. The molecule has 1 aromatic heterocycles. The van der Waals surface area contributed by atoms with Crippen LogP contribution in [0.2, 0.25) is 0 Å². The summed E-state index contributed by atoms with van der Waals surface area (Å²) in [5, 5.41) is 3.31. The SMILES string of the molecule is CCNCc1oc(CN(C)C(CC)CC)cc1C. The normalized spacial score (nSPS) is 11.7. The molecule has 0 saturated heterocycles. The number of hydrogen-bond donors (Lipinski definition) is 1. The first-order chi connectivity index (χ1) is 8.62. The third-order valence-corrected chi connectivity index (χ3v) is 3.58. The van der Waals surface area contributed by atoms with Crippen molar-refractivity contribution in [2.45, 2.75) is 59.7 Å². The van der Waals surface area contributed by atoms with E-state index in [9.17, 15) is 0 Å². The van der Waals surface area contributed by atoms with Gasteiger partial charge in [0, 0.05) is 6.04 Å². The van der Waals surface area contributed by atoms with Crippen molar-refractivity contribution in [3.8, 4) is 0 Å². The van der Waals surface area contributed by atoms with Gasteiger partial charge in [0.25, 0.3) is 0 Å². The molecular weight excluding hydrogens is 224 g/mol. The fourth-order valence-electron chi connectivity index (χ4n) is 2.37. The van der Waals surface area contributed by atoms with Gasteiger partial charge in [-0.3, -0.25) is 4.90 Å². The Labute approximate surface area is 112 Å². The second kappa shape index (κ2) is 7.59. The second-order valence-electron chi connectivity index (χ2n) is 4.98. The lowest BCUT2D eigenvalue weighted by Gasteiger charge is -2.24. The van der Waals surface area contributed by atoms with E-state index in [0.29, 0.717) is 6.04 Å². The molecule has 3 heteroatoms. The van der Waals surface area contributed by atoms with Crippen LogP contribution < -0.4 is 5.32 Å². The fourth-order valence-corrected chi connectivity index (χ4v) is 2.37. The maximum absolute atomic E-state index is 5.92. The van der Waals surface area contributed by atoms with Crippen molar-refractivity contribution in [2.24, 2.45) is 0 Å². The van der Waals surface area contributed by atoms with E-state index >= 15 is 0 Å². The molecule has 0 aliphatic heterocycles. The Balaban J connectivity index is 2.62. The van der Waals surface area contributed by atoms with E-state index in [1.807, 2.05) is 0 Å². The fraction of sp³-hybridized carbons (Fsp3) is 0.733. The van der Waals surface area contributed by atoms with Gasteiger partial charge < -0.3 is 9.73 Å². The molecule has 0 bridgehead atoms. The van der Waals surface area contributed by atoms with Crippen molar-refractivity contribution in [1.29, 1.82) is 0 Å². The summed E-state index contributed by atoms with van der Waals surface area (Å²) in [6.45, 7) is 11.4. The van der Waals surface area contributed by atoms with E-state index in [-0.39, 0.29) is 0 Å². The summed E-state index contributed by atoms with van der Waals surface area (Å²) >= 11 is 0. The van der Waals surface area contributed by atoms with Crippen LogP contribution in [0.4, 0.5) is 0 Å². The first kappa shape index (κ1) is 15.3. The van der Waals surface area contributed by atoms with Crippen molar-refractivity contribution in [1.82, 2.24) is 10.2 Å². The van der Waals surface area contributed by atoms with E-state index in [1.54, 1.807) is 0 Å². The zero-order chi connectivity index (χ0) is 13.5. The Hall–Kier alpha value is -0.800. The number of nitrogens with one attached hydrogen (secondary N) is 1. The van der Waals surface area contributed by atoms with E-state index in [0.717, 1.165) is 31.2 Å². The Morgan fingerprint density at radius 1 is 1.28 bits per heavy atom. The standard InChI is InChI=1S/C15H28N2O/c1-6-13(7-2)17(5)11-14-9-12(4)15(18-14)10-16-8-3/h9,13,16H,6-8,10-11H2,1-5H3. The second-order valence-corrected chi connectivity index (χ2v) is 4.98. The van der Waals surface area contributed by atoms with Crippen LogP contribution in [0, 0.1) is 6.92 Å². The van der Waals surface area contributed by atoms with Gasteiger partial charge in [-0.05, 0) is 45.0 Å². The van der Waals surface area contributed by atoms with Crippen LogP contribution in [-0.4, -0.2) is 24.5 Å². The highest BCUT2D eigenvalue weighted by molar-refractivity contribution is 5.20. The summed E-state index contributed by atoms with van der Waals surface area (Å²) in [5.74, 6) is 2.15. The summed E-state index contributed by atoms with van der Waals surface area (Å²) < 4.78 is 5.92. The first-order valence-electron chi connectivity index (χ1n) is 7.11. The van der Waals surface area contributed by atoms with Gasteiger partial charge in [-0.1, -0.05) is 20.8 Å². The Kier molecular flexibility index (Phi) is 6.44. The summed E-state index contributed by atoms with van der Waals surface area (Å²) in [4.78, 5) is 2.38. The highest BCUT2D eigenvalue weighted by Crippen LogP contribution is 2.18. The van der Waals surface area contributed by atoms with Crippen molar-refractivity contribution >= 4 is 0 Å². The molecule has 0 saturated carbocycles. The molecule has 0 aliphatic rings. The predicted octanol–water partition coefficient (Wildman–Crippen LogP) is 3.32. The lowest BCUT2D eigenvalue weighted by atomic mass is 10.1. The molecule has 0 aliphatic carbocycles. The molecule has 0 fully saturated rings. The van der Waals surface area contributed by atoms with Gasteiger partial charge in [0.2, 0.25) is 0 Å². The van der Waals surface area contributed by atoms with Crippen molar-refractivity contribution in [3.63, 3.8) is 0 Å². The molecule has 3 nitrogen and oxygen atoms in total. The number of furan rings is 1. The highest BCUT2D eigenvalue weighted by Gasteiger charge is 2.14. The van der Waals surface area contributed by atoms with Gasteiger partial charge >= 0.3 is 0 Å². The van der Waals surface area contributed by atoms with Crippen LogP contribution in [0.3, 0.4) is 0 Å². The van der Waals surface area contributed by atoms with Crippen molar-refractivity contribution in [3.05, 3.63) is 23.2 Å². The Morgan fingerprint density at radius 3 is 2.50 bits per heavy atom. The molecule has 0 spiro atoms. The third-order valence-electron chi connectivity index (χ3n) is 3.58. The number of nitrogens with zero attached hydrogens (tertiary/aromatic N) is 1. The predicted molar refractivity (Wildman–Crippen MR) is 76.7 cm³/mol. The molecule has 1 aromatic rings. The molecule has 0 aromatic carbocycles. The summed E-state index contributed by atoms with van der Waals surface area (Å²) in [5.41, 5.74) is 1.25. The summed E-state index contributed by atoms with van der Waals surface area (Å²) in [7, 11) is 2.18. The van der Waals surface area contributed by atoms with Gasteiger partial charge in [-0.25, -0.2) is 0 Å². The van der Waals surface area contributed by atoms with Crippen LogP contribution in [-0.2, 0) is 13.1 Å². The average Bonchev–Trinajstić information content (AvgIpc) is 2.68. The van der Waals surface area contributed by atoms with Crippen LogP contribution in [0.1, 0.15) is 50.7 Å². The minimum absolute atomic E-state index is 0.646. The molecule has 18 heavy (non-hydrogen) atoms. The molecule has 0 unspecified atom stereocenters. The Bertz CT molecular complexity index is 342. The quantitative estimate of drug-likeness (QED) is 0.769. The van der Waals surface area contributed by atoms with Crippen LogP contribution in [0.15, 0.2) is 10.5 Å². The molecule has 1 N–H and O–H groups in total. The van der Waals surface area contributed by atoms with Gasteiger partial charge in [0.15, 0.2) is 0 Å². The van der Waals surface area contributed by atoms with Crippen molar-refractivity contribution < 1.29 is 4.42 Å². The van der Waals surface area contributed by atoms with Crippen molar-refractivity contribution in [2.75, 3.05) is 13.6 Å².